The molecule has 0 aliphatic heterocycles. The summed E-state index contributed by atoms with van der Waals surface area (Å²) in [5, 5.41) is 11.5. The zero-order chi connectivity index (χ0) is 20.5. The Bertz CT molecular complexity index is 819. The molecule has 7 heteroatoms. The molecule has 2 N–H and O–H groups in total. The van der Waals surface area contributed by atoms with E-state index in [-0.39, 0.29) is 11.2 Å². The van der Waals surface area contributed by atoms with E-state index in [2.05, 4.69) is 13.8 Å². The lowest BCUT2D eigenvalue weighted by Gasteiger charge is -2.59. The first-order valence-corrected chi connectivity index (χ1v) is 11.9. The van der Waals surface area contributed by atoms with E-state index >= 15 is 0 Å². The minimum Gasteiger partial charge on any atom is -0.387 e. The van der Waals surface area contributed by atoms with E-state index in [1.54, 1.807) is 6.92 Å². The first-order chi connectivity index (χ1) is 12.9. The Morgan fingerprint density at radius 2 is 1.79 bits per heavy atom. The van der Waals surface area contributed by atoms with Crippen LogP contribution in [-0.4, -0.2) is 35.6 Å². The summed E-state index contributed by atoms with van der Waals surface area (Å²) in [6, 6.07) is 0. The van der Waals surface area contributed by atoms with E-state index in [1.165, 1.54) is 5.57 Å². The van der Waals surface area contributed by atoms with Crippen LogP contribution < -0.4 is 0 Å². The van der Waals surface area contributed by atoms with Crippen LogP contribution in [0, 0.1) is 28.6 Å². The van der Waals surface area contributed by atoms with Crippen LogP contribution in [-0.2, 0) is 19.4 Å². The van der Waals surface area contributed by atoms with E-state index in [4.69, 9.17) is 8.74 Å². The van der Waals surface area contributed by atoms with Crippen molar-refractivity contribution in [2.75, 3.05) is 0 Å². The summed E-state index contributed by atoms with van der Waals surface area (Å²) < 4.78 is 36.4. The molecule has 3 fully saturated rings. The second-order valence-corrected chi connectivity index (χ2v) is 11.1. The second-order valence-electron chi connectivity index (χ2n) is 10.1. The van der Waals surface area contributed by atoms with Crippen molar-refractivity contribution in [1.29, 1.82) is 0 Å². The number of ketones is 1. The number of aliphatic hydroxyl groups is 1. The number of rotatable bonds is 3. The third kappa shape index (κ3) is 2.84. The summed E-state index contributed by atoms with van der Waals surface area (Å²) in [5.41, 5.74) is -0.349. The zero-order valence-corrected chi connectivity index (χ0v) is 17.8. The quantitative estimate of drug-likeness (QED) is 0.689. The lowest BCUT2D eigenvalue weighted by atomic mass is 9.46. The van der Waals surface area contributed by atoms with Crippen LogP contribution in [0.2, 0.25) is 0 Å². The van der Waals surface area contributed by atoms with E-state index in [1.807, 2.05) is 6.08 Å². The van der Waals surface area contributed by atoms with Gasteiger partial charge in [0, 0.05) is 11.8 Å². The van der Waals surface area contributed by atoms with Crippen LogP contribution in [0.1, 0.15) is 72.1 Å². The van der Waals surface area contributed by atoms with Crippen molar-refractivity contribution in [3.8, 4) is 0 Å². The molecule has 0 heterocycles. The molecule has 0 aromatic heterocycles. The number of hydrogen-bond donors (Lipinski definition) is 2. The van der Waals surface area contributed by atoms with Crippen molar-refractivity contribution in [2.45, 2.75) is 83.8 Å². The second kappa shape index (κ2) is 6.37. The lowest BCUT2D eigenvalue weighted by molar-refractivity contribution is -0.166. The van der Waals surface area contributed by atoms with Crippen molar-refractivity contribution in [1.82, 2.24) is 0 Å². The Morgan fingerprint density at radius 1 is 1.11 bits per heavy atom. The number of hydrogen-bond acceptors (Lipinski definition) is 5. The molecule has 4 aliphatic rings. The third-order valence-corrected chi connectivity index (χ3v) is 9.65. The van der Waals surface area contributed by atoms with Gasteiger partial charge >= 0.3 is 10.4 Å². The van der Waals surface area contributed by atoms with Gasteiger partial charge in [0.25, 0.3) is 0 Å². The van der Waals surface area contributed by atoms with Crippen molar-refractivity contribution in [3.63, 3.8) is 0 Å². The SMILES string of the molecule is C[C@@H](OS(=O)(=O)O)[C@@]1(O)CC[C@@H]2[C@@H]3CCC4=CC(=O)CC[C@]4(C)[C@@H]3CC[C@@]21C. The fraction of sp³-hybridized carbons (Fsp3) is 0.857. The first-order valence-electron chi connectivity index (χ1n) is 10.5. The van der Waals surface area contributed by atoms with Crippen molar-refractivity contribution < 1.29 is 27.1 Å². The van der Waals surface area contributed by atoms with Crippen molar-refractivity contribution >= 4 is 16.2 Å². The van der Waals surface area contributed by atoms with Gasteiger partial charge in [-0.1, -0.05) is 19.4 Å². The summed E-state index contributed by atoms with van der Waals surface area (Å²) in [4.78, 5) is 11.9. The van der Waals surface area contributed by atoms with E-state index in [0.717, 1.165) is 38.5 Å². The van der Waals surface area contributed by atoms with Crippen LogP contribution in [0.15, 0.2) is 11.6 Å². The lowest BCUT2D eigenvalue weighted by Crippen LogP contribution is -2.58. The number of carbonyl (C=O) groups is 1. The fourth-order valence-electron chi connectivity index (χ4n) is 7.54. The highest BCUT2D eigenvalue weighted by atomic mass is 32.3. The molecule has 0 aromatic rings. The Hall–Kier alpha value is -0.760. The molecule has 158 valence electrons. The van der Waals surface area contributed by atoms with Gasteiger partial charge in [0.2, 0.25) is 0 Å². The molecule has 7 atom stereocenters. The van der Waals surface area contributed by atoms with Crippen LogP contribution in [0.5, 0.6) is 0 Å². The number of allylic oxidation sites excluding steroid dienone is 1. The van der Waals surface area contributed by atoms with Crippen LogP contribution >= 0.6 is 0 Å². The number of carbonyl (C=O) groups excluding carboxylic acids is 1. The molecule has 0 bridgehead atoms. The number of fused-ring (bicyclic) bond motifs is 5. The molecule has 4 aliphatic carbocycles. The predicted octanol–water partition coefficient (Wildman–Crippen LogP) is 3.46. The third-order valence-electron chi connectivity index (χ3n) is 9.12. The van der Waals surface area contributed by atoms with E-state index in [9.17, 15) is 18.3 Å². The van der Waals surface area contributed by atoms with Crippen LogP contribution in [0.4, 0.5) is 0 Å². The highest BCUT2D eigenvalue weighted by molar-refractivity contribution is 7.80. The van der Waals surface area contributed by atoms with Crippen molar-refractivity contribution in [3.05, 3.63) is 11.6 Å². The molecule has 3 saturated carbocycles. The first kappa shape index (κ1) is 20.5. The molecule has 28 heavy (non-hydrogen) atoms. The zero-order valence-electron chi connectivity index (χ0n) is 17.0. The standard InChI is InChI=1S/C21H32O6S/c1-13(27-28(24,25)26)21(23)11-8-18-16-5-4-14-12-15(22)6-9-19(14,2)17(16)7-10-20(18,21)3/h12-13,16-18,23H,4-11H2,1-3H3,(H,24,25,26)/t13-,16-,17-,18-,19+,20+,21+/m1/s1. The molecule has 0 radical (unpaired) electrons. The summed E-state index contributed by atoms with van der Waals surface area (Å²) in [5.74, 6) is 1.50. The average molecular weight is 413 g/mol. The topological polar surface area (TPSA) is 101 Å². The van der Waals surface area contributed by atoms with Crippen molar-refractivity contribution in [2.24, 2.45) is 28.6 Å². The summed E-state index contributed by atoms with van der Waals surface area (Å²) >= 11 is 0. The predicted molar refractivity (Wildman–Crippen MR) is 104 cm³/mol. The Kier molecular flexibility index (Phi) is 4.66. The maximum Gasteiger partial charge on any atom is 0.397 e. The Labute approximate surface area is 167 Å². The molecule has 4 rings (SSSR count). The van der Waals surface area contributed by atoms with Gasteiger partial charge in [-0.2, -0.15) is 8.42 Å². The van der Waals surface area contributed by atoms with Gasteiger partial charge in [-0.3, -0.25) is 9.35 Å². The summed E-state index contributed by atoms with van der Waals surface area (Å²) in [6.07, 6.45) is 7.45. The smallest absolute Gasteiger partial charge is 0.387 e. The van der Waals surface area contributed by atoms with E-state index < -0.39 is 27.5 Å². The molecule has 0 amide bonds. The van der Waals surface area contributed by atoms with E-state index in [0.29, 0.717) is 30.6 Å². The molecule has 0 unspecified atom stereocenters. The average Bonchev–Trinajstić information content (AvgIpc) is 2.87. The Morgan fingerprint density at radius 3 is 2.46 bits per heavy atom. The maximum atomic E-state index is 11.9. The van der Waals surface area contributed by atoms with Gasteiger partial charge in [0.05, 0.1) is 5.60 Å². The van der Waals surface area contributed by atoms with Gasteiger partial charge in [-0.25, -0.2) is 4.18 Å². The van der Waals surface area contributed by atoms with Crippen LogP contribution in [0.25, 0.3) is 0 Å². The highest BCUT2D eigenvalue weighted by Gasteiger charge is 2.65. The fourth-order valence-corrected chi connectivity index (χ4v) is 8.06. The molecule has 0 spiro atoms. The normalized spacial score (nSPS) is 47.0. The largest absolute Gasteiger partial charge is 0.397 e. The molecular weight excluding hydrogens is 380 g/mol. The minimum atomic E-state index is -4.62. The maximum absolute atomic E-state index is 11.9. The highest BCUT2D eigenvalue weighted by Crippen LogP contribution is 2.68. The van der Waals surface area contributed by atoms with Crippen LogP contribution in [0.3, 0.4) is 0 Å². The van der Waals surface area contributed by atoms with Gasteiger partial charge in [-0.15, -0.1) is 0 Å². The summed E-state index contributed by atoms with van der Waals surface area (Å²) in [7, 11) is -4.62. The molecule has 6 nitrogen and oxygen atoms in total. The molecule has 0 saturated heterocycles. The Balaban J connectivity index is 1.64. The van der Waals surface area contributed by atoms with Gasteiger partial charge in [0.1, 0.15) is 6.10 Å². The molecule has 0 aromatic carbocycles. The molecular formula is C21H32O6S. The minimum absolute atomic E-state index is 0.0649. The van der Waals surface area contributed by atoms with Gasteiger partial charge in [0.15, 0.2) is 5.78 Å². The monoisotopic (exact) mass is 412 g/mol. The summed E-state index contributed by atoms with van der Waals surface area (Å²) in [6.45, 7) is 5.93. The van der Waals surface area contributed by atoms with Gasteiger partial charge < -0.3 is 5.11 Å². The van der Waals surface area contributed by atoms with Gasteiger partial charge in [-0.05, 0) is 81.1 Å².